The fraction of sp³-hybridized carbons (Fsp3) is 0.429. The van der Waals surface area contributed by atoms with E-state index in [9.17, 15) is 9.59 Å². The Kier molecular flexibility index (Phi) is 5.56. The SMILES string of the molecule is O=c1ccc2ncc(=O)n3c2n1C[C@H]3CN1CCC(NCc2cnc(Cl)c(Cl)c2)CC1. The number of pyridine rings is 2. The minimum Gasteiger partial charge on any atom is -0.310 e. The lowest BCUT2D eigenvalue weighted by Crippen LogP contribution is -2.44. The minimum absolute atomic E-state index is 0.0557. The second kappa shape index (κ2) is 8.35. The van der Waals surface area contributed by atoms with E-state index >= 15 is 0 Å². The lowest BCUT2D eigenvalue weighted by molar-refractivity contribution is 0.171. The summed E-state index contributed by atoms with van der Waals surface area (Å²) in [4.78, 5) is 35.5. The van der Waals surface area contributed by atoms with Crippen LogP contribution in [0.25, 0.3) is 11.2 Å². The summed E-state index contributed by atoms with van der Waals surface area (Å²) >= 11 is 11.9. The molecule has 1 atom stereocenters. The molecule has 0 unspecified atom stereocenters. The molecule has 2 aliphatic rings. The van der Waals surface area contributed by atoms with Crippen molar-refractivity contribution in [3.05, 3.63) is 67.0 Å². The van der Waals surface area contributed by atoms with Crippen molar-refractivity contribution in [1.29, 1.82) is 0 Å². The molecule has 5 rings (SSSR count). The molecule has 0 spiro atoms. The van der Waals surface area contributed by atoms with Gasteiger partial charge < -0.3 is 10.2 Å². The average molecular weight is 461 g/mol. The highest BCUT2D eigenvalue weighted by molar-refractivity contribution is 6.41. The van der Waals surface area contributed by atoms with Crippen LogP contribution in [0.4, 0.5) is 0 Å². The van der Waals surface area contributed by atoms with Crippen molar-refractivity contribution in [2.75, 3.05) is 19.6 Å². The van der Waals surface area contributed by atoms with E-state index in [4.69, 9.17) is 23.2 Å². The molecule has 3 aromatic rings. The molecule has 162 valence electrons. The van der Waals surface area contributed by atoms with Gasteiger partial charge in [0.2, 0.25) is 0 Å². The monoisotopic (exact) mass is 460 g/mol. The van der Waals surface area contributed by atoms with Crippen LogP contribution >= 0.6 is 23.2 Å². The third-order valence-electron chi connectivity index (χ3n) is 6.18. The highest BCUT2D eigenvalue weighted by Gasteiger charge is 2.29. The van der Waals surface area contributed by atoms with Crippen LogP contribution in [0.5, 0.6) is 0 Å². The third-order valence-corrected chi connectivity index (χ3v) is 6.86. The van der Waals surface area contributed by atoms with E-state index in [1.807, 2.05) is 6.07 Å². The van der Waals surface area contributed by atoms with Gasteiger partial charge >= 0.3 is 0 Å². The van der Waals surface area contributed by atoms with Crippen LogP contribution < -0.4 is 16.4 Å². The van der Waals surface area contributed by atoms with Gasteiger partial charge in [-0.2, -0.15) is 0 Å². The lowest BCUT2D eigenvalue weighted by atomic mass is 10.0. The predicted octanol–water partition coefficient (Wildman–Crippen LogP) is 2.07. The van der Waals surface area contributed by atoms with Gasteiger partial charge in [-0.3, -0.25) is 18.7 Å². The van der Waals surface area contributed by atoms with Crippen LogP contribution in [0, 0.1) is 0 Å². The van der Waals surface area contributed by atoms with Crippen LogP contribution in [-0.4, -0.2) is 49.7 Å². The molecule has 0 aromatic carbocycles. The Morgan fingerprint density at radius 2 is 1.87 bits per heavy atom. The number of aromatic nitrogens is 4. The second-order valence-corrected chi connectivity index (χ2v) is 8.95. The zero-order valence-electron chi connectivity index (χ0n) is 16.8. The summed E-state index contributed by atoms with van der Waals surface area (Å²) in [5, 5.41) is 4.35. The predicted molar refractivity (Wildman–Crippen MR) is 120 cm³/mol. The largest absolute Gasteiger partial charge is 0.310 e. The van der Waals surface area contributed by atoms with Gasteiger partial charge in [-0.25, -0.2) is 9.97 Å². The van der Waals surface area contributed by atoms with Gasteiger partial charge in [-0.15, -0.1) is 0 Å². The Morgan fingerprint density at radius 1 is 1.06 bits per heavy atom. The van der Waals surface area contributed by atoms with Gasteiger partial charge in [0.15, 0.2) is 0 Å². The molecule has 0 radical (unpaired) electrons. The summed E-state index contributed by atoms with van der Waals surface area (Å²) < 4.78 is 3.42. The molecule has 3 aromatic heterocycles. The number of halogens is 2. The molecule has 1 N–H and O–H groups in total. The van der Waals surface area contributed by atoms with Gasteiger partial charge in [0, 0.05) is 37.9 Å². The average Bonchev–Trinajstić information content (AvgIpc) is 3.15. The van der Waals surface area contributed by atoms with Gasteiger partial charge in [0.05, 0.1) is 17.3 Å². The van der Waals surface area contributed by atoms with Crippen LogP contribution in [0.15, 0.2) is 40.2 Å². The number of hydrogen-bond donors (Lipinski definition) is 1. The number of nitrogens with one attached hydrogen (secondary N) is 1. The summed E-state index contributed by atoms with van der Waals surface area (Å²) in [6.45, 7) is 3.81. The number of nitrogens with zero attached hydrogens (tertiary/aromatic N) is 5. The van der Waals surface area contributed by atoms with Crippen LogP contribution in [-0.2, 0) is 13.1 Å². The van der Waals surface area contributed by atoms with Crippen molar-refractivity contribution in [2.45, 2.75) is 38.0 Å². The van der Waals surface area contributed by atoms with E-state index in [2.05, 4.69) is 20.2 Å². The van der Waals surface area contributed by atoms with E-state index in [1.54, 1.807) is 21.4 Å². The Labute approximate surface area is 188 Å². The zero-order chi connectivity index (χ0) is 21.5. The molecule has 0 saturated carbocycles. The molecule has 8 nitrogen and oxygen atoms in total. The fourth-order valence-corrected chi connectivity index (χ4v) is 4.89. The van der Waals surface area contributed by atoms with Crippen molar-refractivity contribution in [3.63, 3.8) is 0 Å². The molecule has 10 heteroatoms. The summed E-state index contributed by atoms with van der Waals surface area (Å²) in [6.07, 6.45) is 5.11. The van der Waals surface area contributed by atoms with Gasteiger partial charge in [0.25, 0.3) is 11.1 Å². The molecule has 2 aliphatic heterocycles. The molecule has 0 bridgehead atoms. The first kappa shape index (κ1) is 20.6. The number of piperidine rings is 1. The first-order valence-corrected chi connectivity index (χ1v) is 11.1. The number of hydrogen-bond acceptors (Lipinski definition) is 6. The Bertz CT molecular complexity index is 1240. The van der Waals surface area contributed by atoms with Crippen molar-refractivity contribution in [3.8, 4) is 0 Å². The molecule has 5 heterocycles. The normalized spacial score (nSPS) is 19.4. The topological polar surface area (TPSA) is 85.0 Å². The molecule has 1 fully saturated rings. The smallest absolute Gasteiger partial charge is 0.270 e. The van der Waals surface area contributed by atoms with Crippen molar-refractivity contribution in [2.24, 2.45) is 0 Å². The molecule has 0 aliphatic carbocycles. The maximum atomic E-state index is 12.5. The Morgan fingerprint density at radius 3 is 2.65 bits per heavy atom. The van der Waals surface area contributed by atoms with Gasteiger partial charge in [0.1, 0.15) is 16.3 Å². The molecule has 0 amide bonds. The quantitative estimate of drug-likeness (QED) is 0.586. The maximum absolute atomic E-state index is 12.5. The third kappa shape index (κ3) is 4.01. The molecule has 1 saturated heterocycles. The second-order valence-electron chi connectivity index (χ2n) is 8.18. The van der Waals surface area contributed by atoms with Crippen LogP contribution in [0.2, 0.25) is 10.2 Å². The molecule has 31 heavy (non-hydrogen) atoms. The van der Waals surface area contributed by atoms with Crippen LogP contribution in [0.3, 0.4) is 0 Å². The van der Waals surface area contributed by atoms with E-state index in [0.29, 0.717) is 40.5 Å². The summed E-state index contributed by atoms with van der Waals surface area (Å²) in [6, 6.07) is 5.40. The maximum Gasteiger partial charge on any atom is 0.270 e. The summed E-state index contributed by atoms with van der Waals surface area (Å²) in [5.74, 6) is 0. The van der Waals surface area contributed by atoms with Crippen LogP contribution in [0.1, 0.15) is 24.4 Å². The van der Waals surface area contributed by atoms with E-state index in [-0.39, 0.29) is 17.2 Å². The number of likely N-dealkylation sites (tertiary alicyclic amines) is 1. The first-order valence-electron chi connectivity index (χ1n) is 10.4. The molecular weight excluding hydrogens is 439 g/mol. The highest BCUT2D eigenvalue weighted by atomic mass is 35.5. The van der Waals surface area contributed by atoms with Crippen molar-refractivity contribution >= 4 is 34.4 Å². The fourth-order valence-electron chi connectivity index (χ4n) is 4.60. The summed E-state index contributed by atoms with van der Waals surface area (Å²) in [5.41, 5.74) is 2.09. The minimum atomic E-state index is -0.152. The van der Waals surface area contributed by atoms with Gasteiger partial charge in [-0.1, -0.05) is 23.2 Å². The van der Waals surface area contributed by atoms with E-state index in [0.717, 1.165) is 38.0 Å². The lowest BCUT2D eigenvalue weighted by Gasteiger charge is -2.34. The molecular formula is C21H22Cl2N6O2. The van der Waals surface area contributed by atoms with Gasteiger partial charge in [-0.05, 0) is 43.6 Å². The zero-order valence-corrected chi connectivity index (χ0v) is 18.3. The van der Waals surface area contributed by atoms with Crippen molar-refractivity contribution in [1.82, 2.24) is 29.3 Å². The Balaban J connectivity index is 1.21. The first-order chi connectivity index (χ1) is 15.0. The highest BCUT2D eigenvalue weighted by Crippen LogP contribution is 2.24. The standard InChI is InChI=1S/C21H22Cl2N6O2/c22-16-7-13(9-26-20(16)23)8-24-14-3-5-27(6-4-14)11-15-12-28-18(30)2-1-17-21(28)29(15)19(31)10-25-17/h1-2,7,9-10,14-15,24H,3-6,8,11-12H2/t15-/m1/s1. The van der Waals surface area contributed by atoms with Crippen molar-refractivity contribution < 1.29 is 0 Å². The summed E-state index contributed by atoms with van der Waals surface area (Å²) in [7, 11) is 0. The number of rotatable bonds is 5. The van der Waals surface area contributed by atoms with E-state index < -0.39 is 0 Å². The Hall–Kier alpha value is -2.26. The van der Waals surface area contributed by atoms with E-state index in [1.165, 1.54) is 12.3 Å².